The molecule has 0 saturated heterocycles. The molecule has 1 rings (SSSR count). The minimum absolute atomic E-state index is 0.0287. The fourth-order valence-electron chi connectivity index (χ4n) is 1.21. The number of rotatable bonds is 2. The fraction of sp³-hybridized carbons (Fsp3) is 0.400. The van der Waals surface area contributed by atoms with E-state index >= 15 is 0 Å². The summed E-state index contributed by atoms with van der Waals surface area (Å²) in [5, 5.41) is 21.2. The van der Waals surface area contributed by atoms with E-state index in [-0.39, 0.29) is 5.54 Å². The van der Waals surface area contributed by atoms with Gasteiger partial charge in [-0.3, -0.25) is 0 Å². The third-order valence-corrected chi connectivity index (χ3v) is 1.70. The standard InChI is InChI=1S/C10H16BNO2/c1-10(2,3)12-9-6-4-5-8(7-9)11(13)14/h4-7,12-14H,1-3H3. The van der Waals surface area contributed by atoms with Crippen LogP contribution in [-0.2, 0) is 0 Å². The lowest BCUT2D eigenvalue weighted by atomic mass is 9.80. The Kier molecular flexibility index (Phi) is 3.19. The van der Waals surface area contributed by atoms with Gasteiger partial charge in [0.15, 0.2) is 0 Å². The second kappa shape index (κ2) is 4.03. The van der Waals surface area contributed by atoms with Crippen molar-refractivity contribution in [3.05, 3.63) is 24.3 Å². The zero-order valence-corrected chi connectivity index (χ0v) is 8.78. The van der Waals surface area contributed by atoms with Crippen molar-refractivity contribution in [2.75, 3.05) is 5.32 Å². The summed E-state index contributed by atoms with van der Waals surface area (Å²) in [5.41, 5.74) is 1.36. The zero-order chi connectivity index (χ0) is 10.8. The molecule has 4 heteroatoms. The Morgan fingerprint density at radius 2 is 1.86 bits per heavy atom. The second-order valence-electron chi connectivity index (χ2n) is 4.37. The lowest BCUT2D eigenvalue weighted by molar-refractivity contribution is 0.426. The van der Waals surface area contributed by atoms with E-state index in [0.717, 1.165) is 5.69 Å². The Hall–Kier alpha value is -0.995. The van der Waals surface area contributed by atoms with E-state index < -0.39 is 7.12 Å². The number of anilines is 1. The van der Waals surface area contributed by atoms with E-state index in [2.05, 4.69) is 26.1 Å². The van der Waals surface area contributed by atoms with Crippen LogP contribution in [0.3, 0.4) is 0 Å². The largest absolute Gasteiger partial charge is 0.488 e. The molecule has 0 unspecified atom stereocenters. The highest BCUT2D eigenvalue weighted by molar-refractivity contribution is 6.58. The Morgan fingerprint density at radius 3 is 2.36 bits per heavy atom. The van der Waals surface area contributed by atoms with Crippen molar-refractivity contribution in [3.8, 4) is 0 Å². The van der Waals surface area contributed by atoms with Gasteiger partial charge in [0.2, 0.25) is 0 Å². The molecule has 3 nitrogen and oxygen atoms in total. The third kappa shape index (κ3) is 3.40. The first-order chi connectivity index (χ1) is 6.38. The minimum Gasteiger partial charge on any atom is -0.423 e. The molecule has 0 heterocycles. The molecule has 76 valence electrons. The number of hydrogen-bond donors (Lipinski definition) is 3. The van der Waals surface area contributed by atoms with Gasteiger partial charge in [0.05, 0.1) is 0 Å². The predicted molar refractivity (Wildman–Crippen MR) is 59.6 cm³/mol. The first-order valence-corrected chi connectivity index (χ1v) is 4.63. The van der Waals surface area contributed by atoms with Crippen molar-refractivity contribution in [3.63, 3.8) is 0 Å². The van der Waals surface area contributed by atoms with Crippen molar-refractivity contribution in [2.24, 2.45) is 0 Å². The van der Waals surface area contributed by atoms with E-state index in [1.165, 1.54) is 0 Å². The number of nitrogens with one attached hydrogen (secondary N) is 1. The molecule has 1 aromatic rings. The highest BCUT2D eigenvalue weighted by Crippen LogP contribution is 2.12. The van der Waals surface area contributed by atoms with Crippen molar-refractivity contribution in [2.45, 2.75) is 26.3 Å². The second-order valence-corrected chi connectivity index (χ2v) is 4.37. The molecular weight excluding hydrogens is 177 g/mol. The van der Waals surface area contributed by atoms with Crippen molar-refractivity contribution < 1.29 is 10.0 Å². The quantitative estimate of drug-likeness (QED) is 0.602. The van der Waals surface area contributed by atoms with Crippen LogP contribution in [-0.4, -0.2) is 22.7 Å². The van der Waals surface area contributed by atoms with E-state index in [1.54, 1.807) is 18.2 Å². The highest BCUT2D eigenvalue weighted by Gasteiger charge is 2.13. The van der Waals surface area contributed by atoms with Crippen LogP contribution in [0.15, 0.2) is 24.3 Å². The molecule has 14 heavy (non-hydrogen) atoms. The molecule has 0 atom stereocenters. The lowest BCUT2D eigenvalue weighted by Gasteiger charge is -2.22. The van der Waals surface area contributed by atoms with Gasteiger partial charge in [-0.25, -0.2) is 0 Å². The maximum Gasteiger partial charge on any atom is 0.488 e. The molecular formula is C10H16BNO2. The minimum atomic E-state index is -1.41. The summed E-state index contributed by atoms with van der Waals surface area (Å²) < 4.78 is 0. The summed E-state index contributed by atoms with van der Waals surface area (Å²) in [7, 11) is -1.41. The first kappa shape index (κ1) is 11.1. The van der Waals surface area contributed by atoms with Crippen molar-refractivity contribution in [1.82, 2.24) is 0 Å². The first-order valence-electron chi connectivity index (χ1n) is 4.63. The van der Waals surface area contributed by atoms with Gasteiger partial charge >= 0.3 is 7.12 Å². The van der Waals surface area contributed by atoms with Gasteiger partial charge in [0, 0.05) is 11.2 Å². The van der Waals surface area contributed by atoms with Crippen LogP contribution in [0.25, 0.3) is 0 Å². The van der Waals surface area contributed by atoms with Crippen molar-refractivity contribution >= 4 is 18.3 Å². The van der Waals surface area contributed by atoms with Gasteiger partial charge < -0.3 is 15.4 Å². The maximum absolute atomic E-state index is 8.97. The lowest BCUT2D eigenvalue weighted by Crippen LogP contribution is -2.31. The molecule has 0 spiro atoms. The predicted octanol–water partition coefficient (Wildman–Crippen LogP) is 0.577. The third-order valence-electron chi connectivity index (χ3n) is 1.70. The summed E-state index contributed by atoms with van der Waals surface area (Å²) >= 11 is 0. The molecule has 0 radical (unpaired) electrons. The van der Waals surface area contributed by atoms with E-state index in [1.807, 2.05) is 6.07 Å². The monoisotopic (exact) mass is 193 g/mol. The van der Waals surface area contributed by atoms with E-state index in [9.17, 15) is 0 Å². The van der Waals surface area contributed by atoms with Gasteiger partial charge in [0.25, 0.3) is 0 Å². The van der Waals surface area contributed by atoms with Gasteiger partial charge in [-0.2, -0.15) is 0 Å². The Morgan fingerprint density at radius 1 is 1.21 bits per heavy atom. The average Bonchev–Trinajstić information content (AvgIpc) is 2.01. The van der Waals surface area contributed by atoms with Crippen LogP contribution in [0.5, 0.6) is 0 Å². The van der Waals surface area contributed by atoms with Crippen molar-refractivity contribution in [1.29, 1.82) is 0 Å². The molecule has 0 fully saturated rings. The van der Waals surface area contributed by atoms with E-state index in [4.69, 9.17) is 10.0 Å². The molecule has 0 aliphatic heterocycles. The van der Waals surface area contributed by atoms with Crippen LogP contribution in [0.4, 0.5) is 5.69 Å². The van der Waals surface area contributed by atoms with Crippen LogP contribution >= 0.6 is 0 Å². The fourth-order valence-corrected chi connectivity index (χ4v) is 1.21. The Labute approximate surface area is 84.9 Å². The maximum atomic E-state index is 8.97. The molecule has 1 aromatic carbocycles. The summed E-state index contributed by atoms with van der Waals surface area (Å²) in [6.07, 6.45) is 0. The molecule has 0 amide bonds. The summed E-state index contributed by atoms with van der Waals surface area (Å²) in [6, 6.07) is 7.11. The van der Waals surface area contributed by atoms with Crippen LogP contribution < -0.4 is 10.8 Å². The molecule has 0 aliphatic rings. The molecule has 0 saturated carbocycles. The van der Waals surface area contributed by atoms with Crippen LogP contribution in [0, 0.1) is 0 Å². The summed E-state index contributed by atoms with van der Waals surface area (Å²) in [5.74, 6) is 0. The molecule has 3 N–H and O–H groups in total. The molecule has 0 aliphatic carbocycles. The normalized spacial score (nSPS) is 11.2. The van der Waals surface area contributed by atoms with Gasteiger partial charge in [-0.15, -0.1) is 0 Å². The number of benzene rings is 1. The molecule has 0 aromatic heterocycles. The Balaban J connectivity index is 2.84. The summed E-state index contributed by atoms with van der Waals surface area (Å²) in [4.78, 5) is 0. The van der Waals surface area contributed by atoms with Gasteiger partial charge in [0.1, 0.15) is 0 Å². The highest BCUT2D eigenvalue weighted by atomic mass is 16.4. The van der Waals surface area contributed by atoms with Gasteiger partial charge in [-0.05, 0) is 38.4 Å². The summed E-state index contributed by atoms with van der Waals surface area (Å²) in [6.45, 7) is 6.15. The van der Waals surface area contributed by atoms with Crippen LogP contribution in [0.2, 0.25) is 0 Å². The van der Waals surface area contributed by atoms with E-state index in [0.29, 0.717) is 5.46 Å². The Bertz CT molecular complexity index is 307. The smallest absolute Gasteiger partial charge is 0.423 e. The molecule has 0 bridgehead atoms. The SMILES string of the molecule is CC(C)(C)Nc1cccc(B(O)O)c1. The number of hydrogen-bond acceptors (Lipinski definition) is 3. The van der Waals surface area contributed by atoms with Crippen LogP contribution in [0.1, 0.15) is 20.8 Å². The topological polar surface area (TPSA) is 52.5 Å². The zero-order valence-electron chi connectivity index (χ0n) is 8.78. The van der Waals surface area contributed by atoms with Gasteiger partial charge in [-0.1, -0.05) is 12.1 Å². The average molecular weight is 193 g/mol.